The maximum absolute atomic E-state index is 13.2. The van der Waals surface area contributed by atoms with Crippen molar-refractivity contribution in [1.82, 2.24) is 0 Å². The molecule has 2 rings (SSSR count). The number of aldehydes is 1. The molecular formula is C13H7ClFNO4. The fraction of sp³-hybridized carbons (Fsp3) is 0. The number of nitro groups is 1. The summed E-state index contributed by atoms with van der Waals surface area (Å²) in [5.41, 5.74) is -0.297. The number of nitro benzene ring substituents is 1. The number of ether oxygens (including phenoxy) is 1. The molecule has 20 heavy (non-hydrogen) atoms. The van der Waals surface area contributed by atoms with Crippen molar-refractivity contribution < 1.29 is 18.8 Å². The second kappa shape index (κ2) is 5.66. The molecule has 2 aromatic carbocycles. The van der Waals surface area contributed by atoms with Gasteiger partial charge < -0.3 is 4.74 Å². The molecule has 0 N–H and O–H groups in total. The van der Waals surface area contributed by atoms with Gasteiger partial charge in [0.25, 0.3) is 0 Å². The van der Waals surface area contributed by atoms with Gasteiger partial charge in [-0.1, -0.05) is 11.6 Å². The first-order chi connectivity index (χ1) is 9.51. The van der Waals surface area contributed by atoms with Gasteiger partial charge in [-0.25, -0.2) is 4.39 Å². The third-order valence-electron chi connectivity index (χ3n) is 2.44. The highest BCUT2D eigenvalue weighted by atomic mass is 35.5. The van der Waals surface area contributed by atoms with Crippen LogP contribution in [-0.2, 0) is 0 Å². The van der Waals surface area contributed by atoms with Gasteiger partial charge in [0, 0.05) is 17.2 Å². The molecule has 0 radical (unpaired) electrons. The van der Waals surface area contributed by atoms with Gasteiger partial charge in [-0.05, 0) is 24.3 Å². The maximum Gasteiger partial charge on any atom is 0.311 e. The van der Waals surface area contributed by atoms with Crippen LogP contribution < -0.4 is 4.74 Å². The molecule has 0 aliphatic rings. The smallest absolute Gasteiger partial charge is 0.311 e. The van der Waals surface area contributed by atoms with Crippen LogP contribution in [0.15, 0.2) is 36.4 Å². The van der Waals surface area contributed by atoms with Gasteiger partial charge in [0.2, 0.25) is 5.75 Å². The Balaban J connectivity index is 2.46. The molecule has 0 unspecified atom stereocenters. The largest absolute Gasteiger partial charge is 0.449 e. The second-order valence-electron chi connectivity index (χ2n) is 3.77. The molecule has 5 nitrogen and oxygen atoms in total. The second-order valence-corrected chi connectivity index (χ2v) is 4.21. The summed E-state index contributed by atoms with van der Waals surface area (Å²) < 4.78 is 18.4. The average molecular weight is 296 g/mol. The summed E-state index contributed by atoms with van der Waals surface area (Å²) in [5.74, 6) is -0.925. The van der Waals surface area contributed by atoms with Crippen molar-refractivity contribution in [1.29, 1.82) is 0 Å². The lowest BCUT2D eigenvalue weighted by Gasteiger charge is -2.08. The van der Waals surface area contributed by atoms with Crippen LogP contribution in [0.25, 0.3) is 0 Å². The van der Waals surface area contributed by atoms with Crippen molar-refractivity contribution in [3.05, 3.63) is 62.9 Å². The minimum absolute atomic E-state index is 0.0538. The van der Waals surface area contributed by atoms with Crippen molar-refractivity contribution in [2.45, 2.75) is 0 Å². The number of carbonyl (C=O) groups is 1. The number of benzene rings is 2. The fourth-order valence-corrected chi connectivity index (χ4v) is 1.72. The van der Waals surface area contributed by atoms with E-state index in [1.54, 1.807) is 0 Å². The molecule has 0 saturated carbocycles. The number of hydrogen-bond donors (Lipinski definition) is 0. The van der Waals surface area contributed by atoms with E-state index in [4.69, 9.17) is 16.3 Å². The summed E-state index contributed by atoms with van der Waals surface area (Å²) >= 11 is 5.72. The zero-order valence-electron chi connectivity index (χ0n) is 9.88. The minimum Gasteiger partial charge on any atom is -0.449 e. The van der Waals surface area contributed by atoms with Gasteiger partial charge in [0.05, 0.1) is 10.5 Å². The Morgan fingerprint density at radius 1 is 1.20 bits per heavy atom. The summed E-state index contributed by atoms with van der Waals surface area (Å²) in [7, 11) is 0. The third kappa shape index (κ3) is 2.92. The van der Waals surface area contributed by atoms with Gasteiger partial charge in [-0.15, -0.1) is 0 Å². The molecule has 0 aliphatic carbocycles. The van der Waals surface area contributed by atoms with Gasteiger partial charge >= 0.3 is 5.69 Å². The number of nitrogens with zero attached hydrogens (tertiary/aromatic N) is 1. The summed E-state index contributed by atoms with van der Waals surface area (Å²) in [4.78, 5) is 21.1. The number of carbonyl (C=O) groups excluding carboxylic acids is 1. The highest BCUT2D eigenvalue weighted by Gasteiger charge is 2.18. The first-order valence-electron chi connectivity index (χ1n) is 5.38. The quantitative estimate of drug-likeness (QED) is 0.486. The maximum atomic E-state index is 13.2. The lowest BCUT2D eigenvalue weighted by molar-refractivity contribution is -0.385. The monoisotopic (exact) mass is 295 g/mol. The Kier molecular flexibility index (Phi) is 3.95. The molecule has 0 spiro atoms. The van der Waals surface area contributed by atoms with Crippen LogP contribution in [0.4, 0.5) is 10.1 Å². The first-order valence-corrected chi connectivity index (χ1v) is 5.75. The normalized spacial score (nSPS) is 10.1. The summed E-state index contributed by atoms with van der Waals surface area (Å²) in [6, 6.07) is 6.99. The van der Waals surface area contributed by atoms with Crippen LogP contribution in [0, 0.1) is 15.9 Å². The minimum atomic E-state index is -0.703. The molecule has 7 heteroatoms. The predicted molar refractivity (Wildman–Crippen MR) is 70.0 cm³/mol. The number of rotatable bonds is 4. The molecular weight excluding hydrogens is 289 g/mol. The van der Waals surface area contributed by atoms with Crippen LogP contribution in [0.2, 0.25) is 5.02 Å². The number of hydrogen-bond acceptors (Lipinski definition) is 4. The highest BCUT2D eigenvalue weighted by Crippen LogP contribution is 2.33. The Labute approximate surface area is 117 Å². The first kappa shape index (κ1) is 14.0. The van der Waals surface area contributed by atoms with Gasteiger partial charge in [-0.3, -0.25) is 14.9 Å². The van der Waals surface area contributed by atoms with Crippen molar-refractivity contribution >= 4 is 23.6 Å². The van der Waals surface area contributed by atoms with Crippen molar-refractivity contribution in [3.8, 4) is 11.5 Å². The Hall–Kier alpha value is -2.47. The highest BCUT2D eigenvalue weighted by molar-refractivity contribution is 6.30. The van der Waals surface area contributed by atoms with E-state index in [2.05, 4.69) is 0 Å². The molecule has 0 aliphatic heterocycles. The SMILES string of the molecule is O=Cc1cc(Cl)ccc1Oc1cc(F)ccc1[N+](=O)[O-]. The molecule has 0 bridgehead atoms. The fourth-order valence-electron chi connectivity index (χ4n) is 1.54. The van der Waals surface area contributed by atoms with Gasteiger partial charge in [-0.2, -0.15) is 0 Å². The molecule has 0 amide bonds. The van der Waals surface area contributed by atoms with Gasteiger partial charge in [0.15, 0.2) is 6.29 Å². The van der Waals surface area contributed by atoms with E-state index in [0.717, 1.165) is 18.2 Å². The standard InChI is InChI=1S/C13H7ClFNO4/c14-9-1-4-12(8(5-9)7-17)20-13-6-10(15)2-3-11(13)16(18)19/h1-7H. The predicted octanol–water partition coefficient (Wildman–Crippen LogP) is 3.99. The topological polar surface area (TPSA) is 69.4 Å². The van der Waals surface area contributed by atoms with Crippen molar-refractivity contribution in [2.24, 2.45) is 0 Å². The van der Waals surface area contributed by atoms with Crippen molar-refractivity contribution in [3.63, 3.8) is 0 Å². The van der Waals surface area contributed by atoms with Crippen LogP contribution in [0.5, 0.6) is 11.5 Å². The lowest BCUT2D eigenvalue weighted by Crippen LogP contribution is -1.96. The van der Waals surface area contributed by atoms with Crippen LogP contribution in [0.3, 0.4) is 0 Å². The average Bonchev–Trinajstić information content (AvgIpc) is 2.40. The molecule has 0 atom stereocenters. The molecule has 102 valence electrons. The number of halogens is 2. The molecule has 0 heterocycles. The van der Waals surface area contributed by atoms with E-state index in [0.29, 0.717) is 11.3 Å². The Bertz CT molecular complexity index is 690. The van der Waals surface area contributed by atoms with E-state index in [9.17, 15) is 19.3 Å². The van der Waals surface area contributed by atoms with Crippen molar-refractivity contribution in [2.75, 3.05) is 0 Å². The van der Waals surface area contributed by atoms with Gasteiger partial charge in [0.1, 0.15) is 11.6 Å². The molecule has 0 fully saturated rings. The van der Waals surface area contributed by atoms with E-state index in [1.165, 1.54) is 18.2 Å². The zero-order valence-corrected chi connectivity index (χ0v) is 10.6. The van der Waals surface area contributed by atoms with Crippen LogP contribution in [-0.4, -0.2) is 11.2 Å². The van der Waals surface area contributed by atoms with E-state index >= 15 is 0 Å². The Morgan fingerprint density at radius 2 is 1.95 bits per heavy atom. The van der Waals surface area contributed by atoms with E-state index in [1.807, 2.05) is 0 Å². The van der Waals surface area contributed by atoms with Crippen LogP contribution >= 0.6 is 11.6 Å². The van der Waals surface area contributed by atoms with Crippen LogP contribution in [0.1, 0.15) is 10.4 Å². The molecule has 2 aromatic rings. The lowest BCUT2D eigenvalue weighted by atomic mass is 10.2. The molecule has 0 saturated heterocycles. The Morgan fingerprint density at radius 3 is 2.60 bits per heavy atom. The van der Waals surface area contributed by atoms with E-state index < -0.39 is 16.4 Å². The third-order valence-corrected chi connectivity index (χ3v) is 2.67. The summed E-state index contributed by atoms with van der Waals surface area (Å²) in [6.45, 7) is 0. The van der Waals surface area contributed by atoms with E-state index in [-0.39, 0.29) is 17.1 Å². The summed E-state index contributed by atoms with van der Waals surface area (Å²) in [6.07, 6.45) is 0.492. The summed E-state index contributed by atoms with van der Waals surface area (Å²) in [5, 5.41) is 11.2. The molecule has 0 aromatic heterocycles. The zero-order chi connectivity index (χ0) is 14.7.